The molecule has 0 radical (unpaired) electrons. The highest BCUT2D eigenvalue weighted by Gasteiger charge is 2.11. The molecular formula is C10H11ClN2O2. The lowest BCUT2D eigenvalue weighted by atomic mass is 10.1. The van der Waals surface area contributed by atoms with Crippen LogP contribution in [0.15, 0.2) is 18.2 Å². The molecule has 0 atom stereocenters. The summed E-state index contributed by atoms with van der Waals surface area (Å²) in [6.45, 7) is 1.26. The maximum Gasteiger partial charge on any atom is 0.221 e. The maximum atomic E-state index is 11.4. The van der Waals surface area contributed by atoms with Gasteiger partial charge in [0.05, 0.1) is 12.2 Å². The van der Waals surface area contributed by atoms with Crippen molar-refractivity contribution in [2.75, 3.05) is 11.9 Å². The van der Waals surface area contributed by atoms with E-state index in [0.29, 0.717) is 16.3 Å². The van der Waals surface area contributed by atoms with Crippen LogP contribution < -0.4 is 11.1 Å². The molecule has 1 aromatic carbocycles. The van der Waals surface area contributed by atoms with Gasteiger partial charge in [-0.25, -0.2) is 0 Å². The quantitative estimate of drug-likeness (QED) is 0.766. The molecule has 0 fully saturated rings. The monoisotopic (exact) mass is 226 g/mol. The highest BCUT2D eigenvalue weighted by atomic mass is 35.5. The SMILES string of the molecule is CC(=O)Nc1cc(Cl)ccc1C(=O)CN. The van der Waals surface area contributed by atoms with Crippen molar-refractivity contribution in [3.8, 4) is 0 Å². The molecule has 5 heteroatoms. The van der Waals surface area contributed by atoms with Crippen LogP contribution in [0.4, 0.5) is 5.69 Å². The average Bonchev–Trinajstić information content (AvgIpc) is 2.16. The summed E-state index contributed by atoms with van der Waals surface area (Å²) >= 11 is 5.75. The molecule has 0 saturated heterocycles. The Bertz CT molecular complexity index is 404. The Labute approximate surface area is 92.4 Å². The molecular weight excluding hydrogens is 216 g/mol. The van der Waals surface area contributed by atoms with Crippen LogP contribution >= 0.6 is 11.6 Å². The van der Waals surface area contributed by atoms with Crippen LogP contribution in [0, 0.1) is 0 Å². The summed E-state index contributed by atoms with van der Waals surface area (Å²) in [6.07, 6.45) is 0. The molecule has 0 spiro atoms. The van der Waals surface area contributed by atoms with Crippen molar-refractivity contribution in [3.63, 3.8) is 0 Å². The number of Topliss-reactive ketones (excluding diaryl/α,β-unsaturated/α-hetero) is 1. The first-order valence-corrected chi connectivity index (χ1v) is 4.73. The van der Waals surface area contributed by atoms with E-state index in [9.17, 15) is 9.59 Å². The number of nitrogens with one attached hydrogen (secondary N) is 1. The lowest BCUT2D eigenvalue weighted by Gasteiger charge is -2.08. The molecule has 0 saturated carbocycles. The molecule has 0 aliphatic carbocycles. The van der Waals surface area contributed by atoms with Gasteiger partial charge >= 0.3 is 0 Å². The fraction of sp³-hybridized carbons (Fsp3) is 0.200. The summed E-state index contributed by atoms with van der Waals surface area (Å²) in [5.74, 6) is -0.501. The van der Waals surface area contributed by atoms with Gasteiger partial charge in [0.1, 0.15) is 0 Å². The highest BCUT2D eigenvalue weighted by molar-refractivity contribution is 6.31. The van der Waals surface area contributed by atoms with Crippen LogP contribution in [0.5, 0.6) is 0 Å². The van der Waals surface area contributed by atoms with Crippen molar-refractivity contribution in [3.05, 3.63) is 28.8 Å². The molecule has 0 aromatic heterocycles. The number of anilines is 1. The van der Waals surface area contributed by atoms with Crippen LogP contribution in [0.3, 0.4) is 0 Å². The summed E-state index contributed by atoms with van der Waals surface area (Å²) in [5.41, 5.74) is 6.01. The van der Waals surface area contributed by atoms with Gasteiger partial charge < -0.3 is 11.1 Å². The molecule has 80 valence electrons. The first kappa shape index (κ1) is 11.7. The smallest absolute Gasteiger partial charge is 0.221 e. The molecule has 0 aliphatic rings. The summed E-state index contributed by atoms with van der Waals surface area (Å²) in [5, 5.41) is 2.98. The number of carbonyl (C=O) groups excluding carboxylic acids is 2. The number of benzene rings is 1. The van der Waals surface area contributed by atoms with Crippen molar-refractivity contribution in [1.29, 1.82) is 0 Å². The van der Waals surface area contributed by atoms with E-state index in [1.807, 2.05) is 0 Å². The molecule has 0 bridgehead atoms. The molecule has 1 amide bonds. The van der Waals surface area contributed by atoms with Gasteiger partial charge in [-0.2, -0.15) is 0 Å². The number of nitrogens with two attached hydrogens (primary N) is 1. The third-order valence-electron chi connectivity index (χ3n) is 1.78. The van der Waals surface area contributed by atoms with Crippen LogP contribution in [0.25, 0.3) is 0 Å². The second-order valence-electron chi connectivity index (χ2n) is 3.00. The minimum Gasteiger partial charge on any atom is -0.326 e. The van der Waals surface area contributed by atoms with Crippen molar-refractivity contribution >= 4 is 29.0 Å². The second kappa shape index (κ2) is 4.91. The first-order chi connectivity index (χ1) is 7.04. The third-order valence-corrected chi connectivity index (χ3v) is 2.01. The van der Waals surface area contributed by atoms with Gasteiger partial charge in [0.2, 0.25) is 5.91 Å². The van der Waals surface area contributed by atoms with Crippen LogP contribution in [0.2, 0.25) is 5.02 Å². The number of ketones is 1. The van der Waals surface area contributed by atoms with Crippen LogP contribution in [-0.2, 0) is 4.79 Å². The maximum absolute atomic E-state index is 11.4. The largest absolute Gasteiger partial charge is 0.326 e. The molecule has 1 aromatic rings. The van der Waals surface area contributed by atoms with Gasteiger partial charge in [-0.1, -0.05) is 11.6 Å². The molecule has 3 N–H and O–H groups in total. The average molecular weight is 227 g/mol. The number of hydrogen-bond acceptors (Lipinski definition) is 3. The van der Waals surface area contributed by atoms with E-state index < -0.39 is 0 Å². The molecule has 0 aliphatic heterocycles. The van der Waals surface area contributed by atoms with Crippen molar-refractivity contribution in [2.24, 2.45) is 5.73 Å². The summed E-state index contributed by atoms with van der Waals surface area (Å²) in [4.78, 5) is 22.3. The van der Waals surface area contributed by atoms with Gasteiger partial charge in [0, 0.05) is 17.5 Å². The van der Waals surface area contributed by atoms with E-state index >= 15 is 0 Å². The molecule has 4 nitrogen and oxygen atoms in total. The fourth-order valence-electron chi connectivity index (χ4n) is 1.16. The number of rotatable bonds is 3. The summed E-state index contributed by atoms with van der Waals surface area (Å²) in [7, 11) is 0. The highest BCUT2D eigenvalue weighted by Crippen LogP contribution is 2.21. The van der Waals surface area contributed by atoms with E-state index in [1.54, 1.807) is 12.1 Å². The van der Waals surface area contributed by atoms with E-state index in [0.717, 1.165) is 0 Å². The van der Waals surface area contributed by atoms with Crippen molar-refractivity contribution < 1.29 is 9.59 Å². The van der Waals surface area contributed by atoms with E-state index in [-0.39, 0.29) is 18.2 Å². The number of halogens is 1. The van der Waals surface area contributed by atoms with Gasteiger partial charge in [-0.3, -0.25) is 9.59 Å². The Morgan fingerprint density at radius 3 is 2.67 bits per heavy atom. The van der Waals surface area contributed by atoms with Crippen LogP contribution in [-0.4, -0.2) is 18.2 Å². The lowest BCUT2D eigenvalue weighted by Crippen LogP contribution is -2.17. The van der Waals surface area contributed by atoms with Gasteiger partial charge in [0.15, 0.2) is 5.78 Å². The Kier molecular flexibility index (Phi) is 3.82. The minimum atomic E-state index is -0.261. The second-order valence-corrected chi connectivity index (χ2v) is 3.43. The van der Waals surface area contributed by atoms with Gasteiger partial charge in [-0.05, 0) is 18.2 Å². The predicted octanol–water partition coefficient (Wildman–Crippen LogP) is 1.44. The zero-order valence-corrected chi connectivity index (χ0v) is 8.97. The van der Waals surface area contributed by atoms with Gasteiger partial charge in [-0.15, -0.1) is 0 Å². The predicted molar refractivity (Wildman–Crippen MR) is 59.1 cm³/mol. The summed E-state index contributed by atoms with van der Waals surface area (Å²) < 4.78 is 0. The zero-order chi connectivity index (χ0) is 11.4. The molecule has 15 heavy (non-hydrogen) atoms. The first-order valence-electron chi connectivity index (χ1n) is 4.35. The number of carbonyl (C=O) groups is 2. The number of amides is 1. The topological polar surface area (TPSA) is 72.2 Å². The molecule has 1 rings (SSSR count). The lowest BCUT2D eigenvalue weighted by molar-refractivity contribution is -0.114. The van der Waals surface area contributed by atoms with E-state index in [1.165, 1.54) is 13.0 Å². The minimum absolute atomic E-state index is 0.103. The molecule has 0 heterocycles. The Morgan fingerprint density at radius 1 is 1.47 bits per heavy atom. The Hall–Kier alpha value is -1.39. The molecule has 0 unspecified atom stereocenters. The Morgan fingerprint density at radius 2 is 2.13 bits per heavy atom. The normalized spacial score (nSPS) is 9.80. The van der Waals surface area contributed by atoms with Crippen molar-refractivity contribution in [1.82, 2.24) is 0 Å². The summed E-state index contributed by atoms with van der Waals surface area (Å²) in [6, 6.07) is 4.64. The van der Waals surface area contributed by atoms with E-state index in [2.05, 4.69) is 5.32 Å². The van der Waals surface area contributed by atoms with Crippen LogP contribution in [0.1, 0.15) is 17.3 Å². The Balaban J connectivity index is 3.13. The van der Waals surface area contributed by atoms with Crippen molar-refractivity contribution in [2.45, 2.75) is 6.92 Å². The number of hydrogen-bond donors (Lipinski definition) is 2. The van der Waals surface area contributed by atoms with Gasteiger partial charge in [0.25, 0.3) is 0 Å². The zero-order valence-electron chi connectivity index (χ0n) is 8.21. The standard InChI is InChI=1S/C10H11ClN2O2/c1-6(14)13-9-4-7(11)2-3-8(9)10(15)5-12/h2-4H,5,12H2,1H3,(H,13,14). The third kappa shape index (κ3) is 3.04. The van der Waals surface area contributed by atoms with E-state index in [4.69, 9.17) is 17.3 Å². The fourth-order valence-corrected chi connectivity index (χ4v) is 1.33.